The van der Waals surface area contributed by atoms with Crippen LogP contribution in [0.25, 0.3) is 21.9 Å². The topological polar surface area (TPSA) is 42.0 Å². The Morgan fingerprint density at radius 1 is 1.12 bits per heavy atom. The van der Waals surface area contributed by atoms with E-state index in [-0.39, 0.29) is 5.56 Å². The first-order chi connectivity index (χ1) is 11.8. The molecule has 6 heteroatoms. The van der Waals surface area contributed by atoms with Crippen LogP contribution < -0.4 is 5.32 Å². The summed E-state index contributed by atoms with van der Waals surface area (Å²) >= 11 is 0. The first-order valence-corrected chi connectivity index (χ1v) is 7.64. The molecular weight excluding hydrogens is 329 g/mol. The molecule has 1 N–H and O–H groups in total. The van der Waals surface area contributed by atoms with Gasteiger partial charge in [0.2, 0.25) is 0 Å². The van der Waals surface area contributed by atoms with Crippen molar-refractivity contribution in [2.75, 3.05) is 6.54 Å². The molecule has 0 saturated heterocycles. The lowest BCUT2D eigenvalue weighted by atomic mass is 9.93. The molecule has 0 bridgehead atoms. The second-order valence-corrected chi connectivity index (χ2v) is 5.73. The fourth-order valence-corrected chi connectivity index (χ4v) is 2.75. The number of hydrogen-bond acceptors (Lipinski definition) is 2. The fraction of sp³-hybridized carbons (Fsp3) is 0.158. The molecule has 3 rings (SSSR count). The number of aromatic nitrogens is 1. The third-order valence-corrected chi connectivity index (χ3v) is 3.90. The number of pyridine rings is 1. The van der Waals surface area contributed by atoms with E-state index in [2.05, 4.69) is 4.98 Å². The molecule has 0 unspecified atom stereocenters. The maximum absolute atomic E-state index is 12.4. The van der Waals surface area contributed by atoms with Crippen molar-refractivity contribution in [3.63, 3.8) is 0 Å². The Balaban J connectivity index is 2.04. The molecule has 0 atom stereocenters. The number of fused-ring (bicyclic) bond motifs is 1. The van der Waals surface area contributed by atoms with Crippen molar-refractivity contribution in [3.05, 3.63) is 66.0 Å². The van der Waals surface area contributed by atoms with Crippen molar-refractivity contribution in [2.45, 2.75) is 13.1 Å². The predicted molar refractivity (Wildman–Crippen MR) is 90.3 cm³/mol. The lowest BCUT2D eigenvalue weighted by Crippen LogP contribution is -2.34. The van der Waals surface area contributed by atoms with Crippen LogP contribution in [0, 0.1) is 6.92 Å². The van der Waals surface area contributed by atoms with Gasteiger partial charge >= 0.3 is 6.18 Å². The molecule has 1 heterocycles. The molecular formula is C19H15F3N2O. The Hall–Kier alpha value is -2.89. The number of nitrogens with one attached hydrogen (secondary N) is 1. The summed E-state index contributed by atoms with van der Waals surface area (Å²) in [5, 5.41) is 3.83. The van der Waals surface area contributed by atoms with Crippen LogP contribution in [0.15, 0.2) is 54.9 Å². The smallest absolute Gasteiger partial charge is 0.343 e. The molecule has 0 aliphatic heterocycles. The summed E-state index contributed by atoms with van der Waals surface area (Å²) in [5.74, 6) is -0.745. The van der Waals surface area contributed by atoms with E-state index in [1.165, 1.54) is 6.07 Å². The summed E-state index contributed by atoms with van der Waals surface area (Å²) in [6.45, 7) is 0.467. The van der Waals surface area contributed by atoms with E-state index in [1.807, 2.05) is 42.6 Å². The molecule has 25 heavy (non-hydrogen) atoms. The number of rotatable bonds is 3. The zero-order valence-electron chi connectivity index (χ0n) is 13.4. The number of halogens is 3. The van der Waals surface area contributed by atoms with E-state index in [0.717, 1.165) is 21.9 Å². The van der Waals surface area contributed by atoms with Crippen LogP contribution in [0.4, 0.5) is 13.2 Å². The molecule has 0 fully saturated rings. The van der Waals surface area contributed by atoms with E-state index in [9.17, 15) is 18.0 Å². The highest BCUT2D eigenvalue weighted by Gasteiger charge is 2.28. The number of carbonyl (C=O) groups excluding carboxylic acids is 1. The molecule has 0 spiro atoms. The average molecular weight is 344 g/mol. The Morgan fingerprint density at radius 3 is 2.68 bits per heavy atom. The second-order valence-electron chi connectivity index (χ2n) is 5.73. The van der Waals surface area contributed by atoms with Crippen LogP contribution in [0.5, 0.6) is 0 Å². The third kappa shape index (κ3) is 3.79. The summed E-state index contributed by atoms with van der Waals surface area (Å²) in [6, 6.07) is 12.5. The lowest BCUT2D eigenvalue weighted by Gasteiger charge is -2.14. The van der Waals surface area contributed by atoms with E-state index >= 15 is 0 Å². The van der Waals surface area contributed by atoms with Gasteiger partial charge in [0.05, 0.1) is 0 Å². The highest BCUT2D eigenvalue weighted by Crippen LogP contribution is 2.30. The summed E-state index contributed by atoms with van der Waals surface area (Å²) < 4.78 is 37.2. The van der Waals surface area contributed by atoms with Crippen LogP contribution in [-0.2, 0) is 0 Å². The van der Waals surface area contributed by atoms with Gasteiger partial charge in [-0.1, -0.05) is 24.3 Å². The number of hydrogen-bond donors (Lipinski definition) is 1. The number of aryl methyl sites for hydroxylation is 1. The standard InChI is InChI=1S/C19H15F3N2O/c1-12-3-2-4-16(18(25)24-11-19(20,21)22)17(12)14-5-6-15-10-23-8-7-13(15)9-14/h2-10H,11H2,1H3,(H,24,25). The minimum absolute atomic E-state index is 0.220. The summed E-state index contributed by atoms with van der Waals surface area (Å²) in [6.07, 6.45) is -1.05. The number of carbonyl (C=O) groups is 1. The van der Waals surface area contributed by atoms with Gasteiger partial charge in [-0.05, 0) is 47.2 Å². The molecule has 0 radical (unpaired) electrons. The predicted octanol–water partition coefficient (Wildman–Crippen LogP) is 4.50. The quantitative estimate of drug-likeness (QED) is 0.760. The third-order valence-electron chi connectivity index (χ3n) is 3.90. The minimum Gasteiger partial charge on any atom is -0.343 e. The Kier molecular flexibility index (Phi) is 4.44. The van der Waals surface area contributed by atoms with Crippen molar-refractivity contribution in [1.82, 2.24) is 10.3 Å². The zero-order valence-corrected chi connectivity index (χ0v) is 13.4. The summed E-state index contributed by atoms with van der Waals surface area (Å²) in [5.41, 5.74) is 2.43. The fourth-order valence-electron chi connectivity index (χ4n) is 2.75. The number of nitrogens with zero attached hydrogens (tertiary/aromatic N) is 1. The molecule has 2 aromatic carbocycles. The van der Waals surface area contributed by atoms with Crippen molar-refractivity contribution < 1.29 is 18.0 Å². The minimum atomic E-state index is -4.45. The van der Waals surface area contributed by atoms with Crippen molar-refractivity contribution >= 4 is 16.7 Å². The van der Waals surface area contributed by atoms with Gasteiger partial charge in [0.25, 0.3) is 5.91 Å². The maximum atomic E-state index is 12.4. The van der Waals surface area contributed by atoms with Crippen LogP contribution in [0.3, 0.4) is 0 Å². The van der Waals surface area contributed by atoms with Gasteiger partial charge in [-0.25, -0.2) is 0 Å². The van der Waals surface area contributed by atoms with Gasteiger partial charge in [-0.15, -0.1) is 0 Å². The number of amides is 1. The Morgan fingerprint density at radius 2 is 1.92 bits per heavy atom. The number of benzene rings is 2. The SMILES string of the molecule is Cc1cccc(C(=O)NCC(F)(F)F)c1-c1ccc2cnccc2c1. The molecule has 0 aliphatic rings. The average Bonchev–Trinajstić information content (AvgIpc) is 2.58. The highest BCUT2D eigenvalue weighted by atomic mass is 19.4. The molecule has 0 saturated carbocycles. The first-order valence-electron chi connectivity index (χ1n) is 7.64. The zero-order chi connectivity index (χ0) is 18.0. The van der Waals surface area contributed by atoms with Gasteiger partial charge in [-0.2, -0.15) is 13.2 Å². The summed E-state index contributed by atoms with van der Waals surface area (Å²) in [7, 11) is 0. The van der Waals surface area contributed by atoms with Crippen molar-refractivity contribution in [2.24, 2.45) is 0 Å². The van der Waals surface area contributed by atoms with Gasteiger partial charge in [0, 0.05) is 23.3 Å². The van der Waals surface area contributed by atoms with E-state index in [1.54, 1.807) is 18.5 Å². The van der Waals surface area contributed by atoms with E-state index in [0.29, 0.717) is 5.56 Å². The maximum Gasteiger partial charge on any atom is 0.405 e. The lowest BCUT2D eigenvalue weighted by molar-refractivity contribution is -0.123. The Labute approximate surface area is 142 Å². The largest absolute Gasteiger partial charge is 0.405 e. The molecule has 3 nitrogen and oxygen atoms in total. The van der Waals surface area contributed by atoms with E-state index in [4.69, 9.17) is 0 Å². The van der Waals surface area contributed by atoms with Gasteiger partial charge in [0.15, 0.2) is 0 Å². The van der Waals surface area contributed by atoms with Gasteiger partial charge < -0.3 is 5.32 Å². The van der Waals surface area contributed by atoms with Crippen LogP contribution in [0.2, 0.25) is 0 Å². The van der Waals surface area contributed by atoms with Gasteiger partial charge in [0.1, 0.15) is 6.54 Å². The van der Waals surface area contributed by atoms with Crippen LogP contribution in [-0.4, -0.2) is 23.6 Å². The first kappa shape index (κ1) is 17.0. The molecule has 0 aliphatic carbocycles. The van der Waals surface area contributed by atoms with Gasteiger partial charge in [-0.3, -0.25) is 9.78 Å². The van der Waals surface area contributed by atoms with Crippen molar-refractivity contribution in [3.8, 4) is 11.1 Å². The summed E-state index contributed by atoms with van der Waals surface area (Å²) in [4.78, 5) is 16.3. The normalized spacial score (nSPS) is 11.5. The monoisotopic (exact) mass is 344 g/mol. The molecule has 1 amide bonds. The van der Waals surface area contributed by atoms with E-state index < -0.39 is 18.6 Å². The van der Waals surface area contributed by atoms with Crippen LogP contribution in [0.1, 0.15) is 15.9 Å². The second kappa shape index (κ2) is 6.55. The Bertz CT molecular complexity index is 935. The number of alkyl halides is 3. The molecule has 3 aromatic rings. The molecule has 128 valence electrons. The van der Waals surface area contributed by atoms with Crippen LogP contribution >= 0.6 is 0 Å². The highest BCUT2D eigenvalue weighted by molar-refractivity contribution is 6.02. The van der Waals surface area contributed by atoms with Crippen molar-refractivity contribution in [1.29, 1.82) is 0 Å². The molecule has 1 aromatic heterocycles.